The van der Waals surface area contributed by atoms with Gasteiger partial charge in [-0.15, -0.1) is 0 Å². The Morgan fingerprint density at radius 3 is 2.35 bits per heavy atom. The summed E-state index contributed by atoms with van der Waals surface area (Å²) in [5, 5.41) is 8.80. The summed E-state index contributed by atoms with van der Waals surface area (Å²) in [4.78, 5) is 0. The van der Waals surface area contributed by atoms with Crippen molar-refractivity contribution in [3.63, 3.8) is 0 Å². The van der Waals surface area contributed by atoms with Gasteiger partial charge in [-0.3, -0.25) is 4.68 Å². The number of ether oxygens (including phenoxy) is 1. The number of nitrogens with one attached hydrogen (secondary N) is 1. The van der Waals surface area contributed by atoms with Gasteiger partial charge >= 0.3 is 0 Å². The van der Waals surface area contributed by atoms with Crippen LogP contribution >= 0.6 is 23.2 Å². The van der Waals surface area contributed by atoms with E-state index in [4.69, 9.17) is 27.9 Å². The van der Waals surface area contributed by atoms with Crippen molar-refractivity contribution >= 4 is 34.6 Å². The second-order valence-corrected chi connectivity index (χ2v) is 5.86. The van der Waals surface area contributed by atoms with Crippen LogP contribution in [-0.4, -0.2) is 16.9 Å². The Kier molecular flexibility index (Phi) is 4.46. The first-order valence-electron chi connectivity index (χ1n) is 6.97. The lowest BCUT2D eigenvalue weighted by atomic mass is 10.1. The van der Waals surface area contributed by atoms with Crippen molar-refractivity contribution < 1.29 is 4.74 Å². The van der Waals surface area contributed by atoms with Crippen molar-refractivity contribution in [2.75, 3.05) is 12.4 Å². The fourth-order valence-corrected chi connectivity index (χ4v) is 2.78. The van der Waals surface area contributed by atoms with Gasteiger partial charge in [0.05, 0.1) is 24.0 Å². The molecule has 1 N–H and O–H groups in total. The third kappa shape index (κ3) is 3.28. The molecule has 2 aromatic carbocycles. The number of rotatable bonds is 4. The highest BCUT2D eigenvalue weighted by Crippen LogP contribution is 2.36. The van der Waals surface area contributed by atoms with E-state index in [2.05, 4.69) is 10.4 Å². The van der Waals surface area contributed by atoms with Gasteiger partial charge in [0.25, 0.3) is 0 Å². The van der Waals surface area contributed by atoms with E-state index in [1.54, 1.807) is 18.0 Å². The molecule has 0 radical (unpaired) electrons. The number of anilines is 2. The highest BCUT2D eigenvalue weighted by molar-refractivity contribution is 6.33. The van der Waals surface area contributed by atoms with Gasteiger partial charge in [0.1, 0.15) is 5.75 Å². The molecule has 1 heterocycles. The van der Waals surface area contributed by atoms with Gasteiger partial charge < -0.3 is 10.1 Å². The Balaban J connectivity index is 2.01. The molecule has 0 bridgehead atoms. The van der Waals surface area contributed by atoms with Crippen LogP contribution in [0, 0.1) is 0 Å². The zero-order valence-corrected chi connectivity index (χ0v) is 14.2. The molecule has 0 spiro atoms. The van der Waals surface area contributed by atoms with Gasteiger partial charge in [-0.1, -0.05) is 23.2 Å². The maximum absolute atomic E-state index is 6.26. The third-order valence-electron chi connectivity index (χ3n) is 3.48. The van der Waals surface area contributed by atoms with Crippen LogP contribution in [0.2, 0.25) is 10.0 Å². The van der Waals surface area contributed by atoms with Gasteiger partial charge in [0, 0.05) is 29.0 Å². The maximum Gasteiger partial charge on any atom is 0.128 e. The summed E-state index contributed by atoms with van der Waals surface area (Å²) in [7, 11) is 3.48. The second-order valence-electron chi connectivity index (χ2n) is 5.01. The molecular weight excluding hydrogens is 333 g/mol. The Bertz CT molecular complexity index is 809. The van der Waals surface area contributed by atoms with Gasteiger partial charge in [-0.05, 0) is 42.5 Å². The van der Waals surface area contributed by atoms with E-state index in [0.717, 1.165) is 28.4 Å². The molecule has 0 aliphatic rings. The first-order chi connectivity index (χ1) is 11.1. The summed E-state index contributed by atoms with van der Waals surface area (Å²) in [6.07, 6.45) is 1.62. The third-order valence-corrected chi connectivity index (χ3v) is 4.01. The Morgan fingerprint density at radius 1 is 1.04 bits per heavy atom. The molecule has 0 aliphatic heterocycles. The Hall–Kier alpha value is -2.17. The molecule has 0 fully saturated rings. The predicted octanol–water partition coefficient (Wildman–Crippen LogP) is 5.15. The predicted molar refractivity (Wildman–Crippen MR) is 94.9 cm³/mol. The van der Waals surface area contributed by atoms with Gasteiger partial charge in [-0.25, -0.2) is 0 Å². The lowest BCUT2D eigenvalue weighted by molar-refractivity contribution is 0.416. The standard InChI is InChI=1S/C17H15Cl2N3O/c1-22-17(15(19)10-20-22)14-9-13(7-8-16(14)23-2)21-12-5-3-11(18)4-6-12/h3-10,21H,1-2H3. The number of halogens is 2. The fourth-order valence-electron chi connectivity index (χ4n) is 2.38. The van der Waals surface area contributed by atoms with E-state index in [1.807, 2.05) is 49.5 Å². The Labute approximate surface area is 144 Å². The van der Waals surface area contributed by atoms with Gasteiger partial charge in [0.2, 0.25) is 0 Å². The van der Waals surface area contributed by atoms with Crippen LogP contribution in [0.1, 0.15) is 0 Å². The average molecular weight is 348 g/mol. The highest BCUT2D eigenvalue weighted by Gasteiger charge is 2.15. The van der Waals surface area contributed by atoms with E-state index < -0.39 is 0 Å². The van der Waals surface area contributed by atoms with E-state index in [0.29, 0.717) is 10.0 Å². The topological polar surface area (TPSA) is 39.1 Å². The minimum atomic E-state index is 0.578. The maximum atomic E-state index is 6.26. The summed E-state index contributed by atoms with van der Waals surface area (Å²) in [6.45, 7) is 0. The molecule has 4 nitrogen and oxygen atoms in total. The number of hydrogen-bond donors (Lipinski definition) is 1. The summed E-state index contributed by atoms with van der Waals surface area (Å²) < 4.78 is 7.18. The quantitative estimate of drug-likeness (QED) is 0.709. The molecular formula is C17H15Cl2N3O. The van der Waals surface area contributed by atoms with E-state index in [1.165, 1.54) is 0 Å². The van der Waals surface area contributed by atoms with Crippen molar-refractivity contribution in [2.45, 2.75) is 0 Å². The highest BCUT2D eigenvalue weighted by atomic mass is 35.5. The van der Waals surface area contributed by atoms with Gasteiger partial charge in [-0.2, -0.15) is 5.10 Å². The van der Waals surface area contributed by atoms with Crippen molar-refractivity contribution in [1.29, 1.82) is 0 Å². The van der Waals surface area contributed by atoms with Crippen molar-refractivity contribution in [3.05, 3.63) is 58.7 Å². The molecule has 23 heavy (non-hydrogen) atoms. The summed E-state index contributed by atoms with van der Waals surface area (Å²) in [5.41, 5.74) is 3.54. The number of aromatic nitrogens is 2. The van der Waals surface area contributed by atoms with E-state index in [-0.39, 0.29) is 0 Å². The normalized spacial score (nSPS) is 10.6. The molecule has 6 heteroatoms. The summed E-state index contributed by atoms with van der Waals surface area (Å²) >= 11 is 12.2. The molecule has 1 aromatic heterocycles. The molecule has 0 unspecified atom stereocenters. The molecule has 0 amide bonds. The van der Waals surface area contributed by atoms with Crippen LogP contribution in [0.5, 0.6) is 5.75 Å². The van der Waals surface area contributed by atoms with Crippen LogP contribution < -0.4 is 10.1 Å². The molecule has 3 rings (SSSR count). The summed E-state index contributed by atoms with van der Waals surface area (Å²) in [5.74, 6) is 0.733. The van der Waals surface area contributed by atoms with Crippen LogP contribution in [-0.2, 0) is 7.05 Å². The minimum absolute atomic E-state index is 0.578. The van der Waals surface area contributed by atoms with Crippen LogP contribution in [0.15, 0.2) is 48.7 Å². The molecule has 0 atom stereocenters. The average Bonchev–Trinajstić information content (AvgIpc) is 2.88. The molecule has 0 aliphatic carbocycles. The number of nitrogens with zero attached hydrogens (tertiary/aromatic N) is 2. The van der Waals surface area contributed by atoms with Crippen LogP contribution in [0.3, 0.4) is 0 Å². The second kappa shape index (κ2) is 6.52. The summed E-state index contributed by atoms with van der Waals surface area (Å²) in [6, 6.07) is 13.3. The van der Waals surface area contributed by atoms with Crippen molar-refractivity contribution in [2.24, 2.45) is 7.05 Å². The Morgan fingerprint density at radius 2 is 1.74 bits per heavy atom. The lowest BCUT2D eigenvalue weighted by Gasteiger charge is -2.13. The molecule has 118 valence electrons. The van der Waals surface area contributed by atoms with Gasteiger partial charge in [0.15, 0.2) is 0 Å². The van der Waals surface area contributed by atoms with Crippen molar-refractivity contribution in [3.8, 4) is 17.0 Å². The van der Waals surface area contributed by atoms with E-state index >= 15 is 0 Å². The number of aryl methyl sites for hydroxylation is 1. The number of hydrogen-bond acceptors (Lipinski definition) is 3. The fraction of sp³-hybridized carbons (Fsp3) is 0.118. The lowest BCUT2D eigenvalue weighted by Crippen LogP contribution is -1.98. The van der Waals surface area contributed by atoms with E-state index in [9.17, 15) is 0 Å². The minimum Gasteiger partial charge on any atom is -0.496 e. The first kappa shape index (κ1) is 15.7. The monoisotopic (exact) mass is 347 g/mol. The largest absolute Gasteiger partial charge is 0.496 e. The van der Waals surface area contributed by atoms with Crippen molar-refractivity contribution in [1.82, 2.24) is 9.78 Å². The molecule has 0 saturated heterocycles. The smallest absolute Gasteiger partial charge is 0.128 e. The van der Waals surface area contributed by atoms with Crippen LogP contribution in [0.4, 0.5) is 11.4 Å². The first-order valence-corrected chi connectivity index (χ1v) is 7.72. The zero-order chi connectivity index (χ0) is 16.4. The SMILES string of the molecule is COc1ccc(Nc2ccc(Cl)cc2)cc1-c1c(Cl)cnn1C. The number of benzene rings is 2. The molecule has 3 aromatic rings. The zero-order valence-electron chi connectivity index (χ0n) is 12.7. The number of methoxy groups -OCH3 is 1. The van der Waals surface area contributed by atoms with Crippen LogP contribution in [0.25, 0.3) is 11.3 Å². The molecule has 0 saturated carbocycles.